The Morgan fingerprint density at radius 1 is 1.08 bits per heavy atom. The number of rotatable bonds is 8. The van der Waals surface area contributed by atoms with E-state index in [1.54, 1.807) is 18.2 Å². The Morgan fingerprint density at radius 2 is 1.72 bits per heavy atom. The molecular formula is C27H34Cl2FN2NaO3. The summed E-state index contributed by atoms with van der Waals surface area (Å²) in [5.41, 5.74) is 1.73. The van der Waals surface area contributed by atoms with Gasteiger partial charge >= 0.3 is 35.5 Å². The normalized spacial score (nSPS) is 19.0. The second kappa shape index (κ2) is 13.8. The molecule has 1 atom stereocenters. The van der Waals surface area contributed by atoms with Crippen LogP contribution in [0.3, 0.4) is 0 Å². The summed E-state index contributed by atoms with van der Waals surface area (Å²) in [7, 11) is 0. The van der Waals surface area contributed by atoms with Gasteiger partial charge < -0.3 is 16.2 Å². The number of carboxylic acid groups (broad SMARTS) is 1. The van der Waals surface area contributed by atoms with Crippen LogP contribution in [-0.4, -0.2) is 65.7 Å². The van der Waals surface area contributed by atoms with E-state index in [-0.39, 0.29) is 42.9 Å². The van der Waals surface area contributed by atoms with Crippen LogP contribution in [0.1, 0.15) is 38.2 Å². The molecule has 0 radical (unpaired) electrons. The molecule has 2 saturated heterocycles. The molecule has 4 rings (SSSR count). The number of hydrogen-bond acceptors (Lipinski definition) is 4. The summed E-state index contributed by atoms with van der Waals surface area (Å²) >= 11 is 12.3. The van der Waals surface area contributed by atoms with Gasteiger partial charge in [0.05, 0.1) is 10.0 Å². The first-order chi connectivity index (χ1) is 16.8. The third kappa shape index (κ3) is 7.83. The Kier molecular flexibility index (Phi) is 11.4. The summed E-state index contributed by atoms with van der Waals surface area (Å²) in [6.45, 7) is 6.51. The van der Waals surface area contributed by atoms with Gasteiger partial charge in [-0.15, -0.1) is 0 Å². The van der Waals surface area contributed by atoms with Crippen molar-refractivity contribution in [2.24, 2.45) is 5.92 Å². The zero-order chi connectivity index (χ0) is 24.9. The summed E-state index contributed by atoms with van der Waals surface area (Å²) in [5, 5.41) is 10.9. The second-order valence-electron chi connectivity index (χ2n) is 9.77. The zero-order valence-corrected chi connectivity index (χ0v) is 24.6. The van der Waals surface area contributed by atoms with Crippen LogP contribution in [-0.2, 0) is 11.2 Å². The molecular weight excluding hydrogens is 513 g/mol. The Labute approximate surface area is 246 Å². The van der Waals surface area contributed by atoms with Gasteiger partial charge in [0.2, 0.25) is 0 Å². The van der Waals surface area contributed by atoms with Crippen molar-refractivity contribution in [2.45, 2.75) is 51.2 Å². The van der Waals surface area contributed by atoms with Gasteiger partial charge in [0.25, 0.3) is 0 Å². The van der Waals surface area contributed by atoms with Gasteiger partial charge in [-0.3, -0.25) is 9.69 Å². The monoisotopic (exact) mass is 546 g/mol. The minimum Gasteiger partial charge on any atom is -1.00 e. The maximum atomic E-state index is 13.2. The maximum Gasteiger partial charge on any atom is 1.00 e. The van der Waals surface area contributed by atoms with Crippen LogP contribution in [0.15, 0.2) is 36.4 Å². The predicted molar refractivity (Wildman–Crippen MR) is 138 cm³/mol. The van der Waals surface area contributed by atoms with E-state index < -0.39 is 12.0 Å². The summed E-state index contributed by atoms with van der Waals surface area (Å²) in [6, 6.07) is 9.23. The SMILES string of the molecule is Cc1c(OC2CCN(CC3CCN([C@@H](Cc4ccc(F)cc4)C(=O)O)CC3)CC2)ccc(Cl)c1Cl.[H-].[Na+]. The number of nitrogens with zero attached hydrogens (tertiary/aromatic N) is 2. The van der Waals surface area contributed by atoms with Crippen molar-refractivity contribution >= 4 is 29.2 Å². The fourth-order valence-electron chi connectivity index (χ4n) is 5.18. The van der Waals surface area contributed by atoms with E-state index in [1.807, 2.05) is 13.0 Å². The van der Waals surface area contributed by atoms with Gasteiger partial charge in [0.15, 0.2) is 0 Å². The molecule has 2 aliphatic heterocycles. The van der Waals surface area contributed by atoms with Crippen molar-refractivity contribution in [1.29, 1.82) is 0 Å². The van der Waals surface area contributed by atoms with Gasteiger partial charge in [-0.05, 0) is 87.9 Å². The molecule has 0 unspecified atom stereocenters. The van der Waals surface area contributed by atoms with E-state index >= 15 is 0 Å². The molecule has 192 valence electrons. The Morgan fingerprint density at radius 3 is 2.33 bits per heavy atom. The van der Waals surface area contributed by atoms with Crippen LogP contribution < -0.4 is 34.3 Å². The molecule has 2 fully saturated rings. The van der Waals surface area contributed by atoms with Crippen molar-refractivity contribution < 1.29 is 50.0 Å². The molecule has 2 aromatic carbocycles. The summed E-state index contributed by atoms with van der Waals surface area (Å²) in [5.74, 6) is 0.258. The molecule has 0 aromatic heterocycles. The Balaban J connectivity index is 0.00000241. The van der Waals surface area contributed by atoms with Gasteiger partial charge in [-0.1, -0.05) is 35.3 Å². The van der Waals surface area contributed by atoms with Gasteiger partial charge in [-0.2, -0.15) is 0 Å². The quantitative estimate of drug-likeness (QED) is 0.516. The molecule has 0 aliphatic carbocycles. The minimum absolute atomic E-state index is 0. The molecule has 0 amide bonds. The van der Waals surface area contributed by atoms with Gasteiger partial charge in [0, 0.05) is 25.2 Å². The third-order valence-electron chi connectivity index (χ3n) is 7.35. The molecule has 0 saturated carbocycles. The zero-order valence-electron chi connectivity index (χ0n) is 22.1. The first kappa shape index (κ1) is 29.7. The van der Waals surface area contributed by atoms with E-state index in [9.17, 15) is 14.3 Å². The number of carboxylic acids is 1. The molecule has 2 heterocycles. The Bertz CT molecular complexity index is 1020. The standard InChI is InChI=1S/C27H33Cl2FN2O3.Na.H/c1-18-25(7-6-23(28)26(18)29)35-22-10-12-31(13-11-22)17-20-8-14-32(15-9-20)24(27(33)34)16-19-2-4-21(30)5-3-19;;/h2-7,20,22,24H,8-17H2,1H3,(H,33,34);;/q;+1;-1/t24-;;/m0../s1. The van der Waals surface area contributed by atoms with Crippen molar-refractivity contribution in [3.63, 3.8) is 0 Å². The number of benzene rings is 2. The smallest absolute Gasteiger partial charge is 1.00 e. The van der Waals surface area contributed by atoms with Crippen molar-refractivity contribution in [2.75, 3.05) is 32.7 Å². The number of ether oxygens (including phenoxy) is 1. The largest absolute Gasteiger partial charge is 1.00 e. The van der Waals surface area contributed by atoms with E-state index in [0.717, 1.165) is 75.3 Å². The number of carbonyl (C=O) groups is 1. The minimum atomic E-state index is -0.813. The number of piperidine rings is 2. The molecule has 2 aromatic rings. The summed E-state index contributed by atoms with van der Waals surface area (Å²) in [4.78, 5) is 16.5. The molecule has 1 N–H and O–H groups in total. The van der Waals surface area contributed by atoms with Crippen LogP contribution in [0, 0.1) is 18.7 Å². The van der Waals surface area contributed by atoms with E-state index in [2.05, 4.69) is 9.80 Å². The fraction of sp³-hybridized carbons (Fsp3) is 0.519. The van der Waals surface area contributed by atoms with Crippen LogP contribution in [0.5, 0.6) is 5.75 Å². The van der Waals surface area contributed by atoms with Crippen molar-refractivity contribution in [1.82, 2.24) is 9.80 Å². The van der Waals surface area contributed by atoms with E-state index in [1.165, 1.54) is 12.1 Å². The van der Waals surface area contributed by atoms with E-state index in [4.69, 9.17) is 27.9 Å². The van der Waals surface area contributed by atoms with Crippen molar-refractivity contribution in [3.8, 4) is 5.75 Å². The van der Waals surface area contributed by atoms with Crippen molar-refractivity contribution in [3.05, 3.63) is 63.4 Å². The van der Waals surface area contributed by atoms with Gasteiger partial charge in [-0.25, -0.2) is 4.39 Å². The molecule has 9 heteroatoms. The summed E-state index contributed by atoms with van der Waals surface area (Å²) in [6.07, 6.45) is 4.49. The molecule has 5 nitrogen and oxygen atoms in total. The fourth-order valence-corrected chi connectivity index (χ4v) is 5.54. The number of likely N-dealkylation sites (tertiary alicyclic amines) is 2. The van der Waals surface area contributed by atoms with Crippen LogP contribution in [0.2, 0.25) is 10.0 Å². The molecule has 0 spiro atoms. The second-order valence-corrected chi connectivity index (χ2v) is 10.6. The number of halogens is 3. The predicted octanol–water partition coefficient (Wildman–Crippen LogP) is 2.81. The van der Waals surface area contributed by atoms with Crippen LogP contribution in [0.25, 0.3) is 0 Å². The third-order valence-corrected chi connectivity index (χ3v) is 8.25. The molecule has 2 aliphatic rings. The Hall–Kier alpha value is -0.860. The maximum absolute atomic E-state index is 13.2. The average Bonchev–Trinajstić information content (AvgIpc) is 2.85. The van der Waals surface area contributed by atoms with Gasteiger partial charge in [0.1, 0.15) is 23.7 Å². The summed E-state index contributed by atoms with van der Waals surface area (Å²) < 4.78 is 19.4. The average molecular weight is 547 g/mol. The molecule has 36 heavy (non-hydrogen) atoms. The number of aliphatic carboxylic acids is 1. The first-order valence-electron chi connectivity index (χ1n) is 12.3. The first-order valence-corrected chi connectivity index (χ1v) is 13.1. The van der Waals surface area contributed by atoms with Crippen LogP contribution in [0.4, 0.5) is 4.39 Å². The van der Waals surface area contributed by atoms with E-state index in [0.29, 0.717) is 22.4 Å². The number of hydrogen-bond donors (Lipinski definition) is 1. The topological polar surface area (TPSA) is 53.0 Å². The van der Waals surface area contributed by atoms with Crippen LogP contribution >= 0.6 is 23.2 Å². The molecule has 0 bridgehead atoms.